The maximum absolute atomic E-state index is 12.2. The second-order valence-corrected chi connectivity index (χ2v) is 6.13. The number of hydrogen-bond donors (Lipinski definition) is 2. The van der Waals surface area contributed by atoms with Crippen LogP contribution in [0.3, 0.4) is 0 Å². The smallest absolute Gasteiger partial charge is 0.244 e. The summed E-state index contributed by atoms with van der Waals surface area (Å²) in [6.45, 7) is 1.31. The molecule has 0 unspecified atom stereocenters. The van der Waals surface area contributed by atoms with Gasteiger partial charge in [-0.05, 0) is 31.8 Å². The Labute approximate surface area is 114 Å². The minimum absolute atomic E-state index is 0.131. The third kappa shape index (κ3) is 4.46. The van der Waals surface area contributed by atoms with Crippen molar-refractivity contribution < 1.29 is 13.2 Å². The summed E-state index contributed by atoms with van der Waals surface area (Å²) in [6.07, 6.45) is 0. The topological polar surface area (TPSA) is 84.7 Å². The Morgan fingerprint density at radius 1 is 1.37 bits per heavy atom. The maximum atomic E-state index is 12.2. The summed E-state index contributed by atoms with van der Waals surface area (Å²) in [5.74, 6) is 0.306. The molecule has 0 heterocycles. The maximum Gasteiger partial charge on any atom is 0.244 e. The monoisotopic (exact) mass is 287 g/mol. The molecule has 6 nitrogen and oxygen atoms in total. The van der Waals surface area contributed by atoms with Crippen LogP contribution in [0, 0.1) is 0 Å². The highest BCUT2D eigenvalue weighted by Crippen LogP contribution is 2.24. The number of nitrogens with two attached hydrogens (primary N) is 1. The summed E-state index contributed by atoms with van der Waals surface area (Å²) >= 11 is 0. The molecule has 19 heavy (non-hydrogen) atoms. The first-order valence-electron chi connectivity index (χ1n) is 5.92. The average Bonchev–Trinajstić information content (AvgIpc) is 2.37. The number of hydrogen-bond acceptors (Lipinski definition) is 5. The van der Waals surface area contributed by atoms with E-state index >= 15 is 0 Å². The van der Waals surface area contributed by atoms with Crippen LogP contribution in [0.15, 0.2) is 23.1 Å². The summed E-state index contributed by atoms with van der Waals surface area (Å²) in [5, 5.41) is 0. The number of rotatable bonds is 7. The van der Waals surface area contributed by atoms with E-state index in [1.807, 2.05) is 19.0 Å². The average molecular weight is 287 g/mol. The predicted octanol–water partition coefficient (Wildman–Crippen LogP) is -0.00620. The highest BCUT2D eigenvalue weighted by atomic mass is 32.2. The number of nitrogens with zero attached hydrogens (tertiary/aromatic N) is 1. The van der Waals surface area contributed by atoms with Crippen LogP contribution in [0.1, 0.15) is 5.56 Å². The number of benzene rings is 1. The van der Waals surface area contributed by atoms with Crippen LogP contribution in [0.2, 0.25) is 0 Å². The molecule has 0 aliphatic rings. The van der Waals surface area contributed by atoms with Gasteiger partial charge in [0.15, 0.2) is 0 Å². The van der Waals surface area contributed by atoms with Gasteiger partial charge >= 0.3 is 0 Å². The van der Waals surface area contributed by atoms with Crippen LogP contribution in [-0.4, -0.2) is 47.6 Å². The van der Waals surface area contributed by atoms with Gasteiger partial charge in [-0.25, -0.2) is 13.1 Å². The van der Waals surface area contributed by atoms with Crippen molar-refractivity contribution >= 4 is 10.0 Å². The van der Waals surface area contributed by atoms with Crippen molar-refractivity contribution in [3.63, 3.8) is 0 Å². The van der Waals surface area contributed by atoms with Gasteiger partial charge in [-0.3, -0.25) is 0 Å². The standard InChI is InChI=1S/C12H21N3O3S/c1-15(2)7-6-14-19(16,17)12-5-4-10(9-13)8-11(12)18-3/h4-5,8,14H,6-7,9,13H2,1-3H3. The van der Waals surface area contributed by atoms with E-state index < -0.39 is 10.0 Å². The zero-order chi connectivity index (χ0) is 14.5. The van der Waals surface area contributed by atoms with E-state index in [0.717, 1.165) is 5.56 Å². The lowest BCUT2D eigenvalue weighted by molar-refractivity contribution is 0.400. The first-order valence-corrected chi connectivity index (χ1v) is 7.40. The number of nitrogens with one attached hydrogen (secondary N) is 1. The van der Waals surface area contributed by atoms with Crippen LogP contribution >= 0.6 is 0 Å². The highest BCUT2D eigenvalue weighted by molar-refractivity contribution is 7.89. The predicted molar refractivity (Wildman–Crippen MR) is 74.6 cm³/mol. The van der Waals surface area contributed by atoms with E-state index in [9.17, 15) is 8.42 Å². The van der Waals surface area contributed by atoms with Crippen LogP contribution in [0.5, 0.6) is 5.75 Å². The molecular weight excluding hydrogens is 266 g/mol. The van der Waals surface area contributed by atoms with Gasteiger partial charge < -0.3 is 15.4 Å². The fourth-order valence-electron chi connectivity index (χ4n) is 1.54. The molecule has 1 aromatic rings. The van der Waals surface area contributed by atoms with Crippen LogP contribution in [-0.2, 0) is 16.6 Å². The summed E-state index contributed by atoms with van der Waals surface area (Å²) in [7, 11) is 1.63. The molecule has 0 fully saturated rings. The van der Waals surface area contributed by atoms with Gasteiger partial charge in [0.05, 0.1) is 7.11 Å². The molecule has 0 saturated heterocycles. The minimum atomic E-state index is -3.57. The molecule has 0 bridgehead atoms. The van der Waals surface area contributed by atoms with Crippen molar-refractivity contribution in [3.8, 4) is 5.75 Å². The zero-order valence-electron chi connectivity index (χ0n) is 11.5. The van der Waals surface area contributed by atoms with Gasteiger partial charge in [0.1, 0.15) is 10.6 Å². The lowest BCUT2D eigenvalue weighted by Crippen LogP contribution is -2.31. The van der Waals surface area contributed by atoms with Crippen molar-refractivity contribution in [2.45, 2.75) is 11.4 Å². The lowest BCUT2D eigenvalue weighted by Gasteiger charge is -2.13. The zero-order valence-corrected chi connectivity index (χ0v) is 12.3. The molecule has 0 amide bonds. The van der Waals surface area contributed by atoms with Crippen molar-refractivity contribution in [2.75, 3.05) is 34.3 Å². The Kier molecular flexibility index (Phi) is 5.74. The molecule has 0 atom stereocenters. The number of methoxy groups -OCH3 is 1. The second-order valence-electron chi connectivity index (χ2n) is 4.39. The third-order valence-corrected chi connectivity index (χ3v) is 4.10. The largest absolute Gasteiger partial charge is 0.495 e. The first kappa shape index (κ1) is 15.9. The molecule has 0 radical (unpaired) electrons. The van der Waals surface area contributed by atoms with E-state index in [0.29, 0.717) is 25.4 Å². The van der Waals surface area contributed by atoms with E-state index in [4.69, 9.17) is 10.5 Å². The normalized spacial score (nSPS) is 11.8. The van der Waals surface area contributed by atoms with E-state index in [1.165, 1.54) is 13.2 Å². The molecule has 108 valence electrons. The van der Waals surface area contributed by atoms with E-state index in [1.54, 1.807) is 12.1 Å². The molecule has 0 aromatic heterocycles. The van der Waals surface area contributed by atoms with Gasteiger partial charge in [0, 0.05) is 19.6 Å². The number of sulfonamides is 1. The molecule has 0 saturated carbocycles. The number of likely N-dealkylation sites (N-methyl/N-ethyl adjacent to an activating group) is 1. The fraction of sp³-hybridized carbons (Fsp3) is 0.500. The molecule has 3 N–H and O–H groups in total. The Hall–Kier alpha value is -1.15. The van der Waals surface area contributed by atoms with Crippen molar-refractivity contribution in [1.29, 1.82) is 0 Å². The molecule has 0 aliphatic carbocycles. The minimum Gasteiger partial charge on any atom is -0.495 e. The molecular formula is C12H21N3O3S. The molecule has 1 rings (SSSR count). The molecule has 0 spiro atoms. The van der Waals surface area contributed by atoms with Gasteiger partial charge in [-0.1, -0.05) is 6.07 Å². The second kappa shape index (κ2) is 6.85. The van der Waals surface area contributed by atoms with Crippen molar-refractivity contribution in [1.82, 2.24) is 9.62 Å². The van der Waals surface area contributed by atoms with E-state index in [2.05, 4.69) is 4.72 Å². The summed E-state index contributed by atoms with van der Waals surface area (Å²) in [6, 6.07) is 4.84. The van der Waals surface area contributed by atoms with Crippen molar-refractivity contribution in [2.24, 2.45) is 5.73 Å². The molecule has 7 heteroatoms. The Balaban J connectivity index is 2.94. The van der Waals surface area contributed by atoms with Gasteiger partial charge in [0.25, 0.3) is 0 Å². The fourth-order valence-corrected chi connectivity index (χ4v) is 2.71. The van der Waals surface area contributed by atoms with Crippen LogP contribution in [0.4, 0.5) is 0 Å². The lowest BCUT2D eigenvalue weighted by atomic mass is 10.2. The Bertz CT molecular complexity index is 515. The van der Waals surface area contributed by atoms with Gasteiger partial charge in [0.2, 0.25) is 10.0 Å². The summed E-state index contributed by atoms with van der Waals surface area (Å²) in [5.41, 5.74) is 6.34. The first-order chi connectivity index (χ1) is 8.90. The van der Waals surface area contributed by atoms with Crippen LogP contribution in [0.25, 0.3) is 0 Å². The quantitative estimate of drug-likeness (QED) is 0.737. The van der Waals surface area contributed by atoms with Gasteiger partial charge in [-0.2, -0.15) is 0 Å². The SMILES string of the molecule is COc1cc(CN)ccc1S(=O)(=O)NCCN(C)C. The van der Waals surface area contributed by atoms with Crippen molar-refractivity contribution in [3.05, 3.63) is 23.8 Å². The number of ether oxygens (including phenoxy) is 1. The molecule has 1 aromatic carbocycles. The highest BCUT2D eigenvalue weighted by Gasteiger charge is 2.19. The molecule has 0 aliphatic heterocycles. The van der Waals surface area contributed by atoms with Gasteiger partial charge in [-0.15, -0.1) is 0 Å². The summed E-state index contributed by atoms with van der Waals surface area (Å²) in [4.78, 5) is 2.03. The Morgan fingerprint density at radius 2 is 2.05 bits per heavy atom. The summed E-state index contributed by atoms with van der Waals surface area (Å²) < 4.78 is 32.0. The third-order valence-electron chi connectivity index (χ3n) is 2.60. The Morgan fingerprint density at radius 3 is 2.58 bits per heavy atom. The van der Waals surface area contributed by atoms with E-state index in [-0.39, 0.29) is 4.90 Å². The van der Waals surface area contributed by atoms with Crippen LogP contribution < -0.4 is 15.2 Å².